The van der Waals surface area contributed by atoms with Crippen molar-refractivity contribution in [2.45, 2.75) is 77.4 Å². The van der Waals surface area contributed by atoms with Crippen molar-refractivity contribution >= 4 is 0 Å². The summed E-state index contributed by atoms with van der Waals surface area (Å²) in [6.45, 7) is 7.75. The zero-order valence-electron chi connectivity index (χ0n) is 16.7. The molecule has 5 rings (SSSR count). The topological polar surface area (TPSA) is 42.5 Å². The fourth-order valence-electron chi connectivity index (χ4n) is 5.76. The molecule has 0 spiro atoms. The summed E-state index contributed by atoms with van der Waals surface area (Å²) in [6.07, 6.45) is 7.18. The van der Waals surface area contributed by atoms with Crippen molar-refractivity contribution in [1.29, 1.82) is 0 Å². The summed E-state index contributed by atoms with van der Waals surface area (Å²) in [4.78, 5) is 0. The van der Waals surface area contributed by atoms with Crippen molar-refractivity contribution in [3.63, 3.8) is 0 Å². The normalized spacial score (nSPS) is 49.5. The maximum Gasteiger partial charge on any atom is 0.109 e. The molecule has 1 heterocycles. The third kappa shape index (κ3) is 2.91. The van der Waals surface area contributed by atoms with Crippen molar-refractivity contribution in [1.82, 2.24) is 10.6 Å². The highest BCUT2D eigenvalue weighted by Crippen LogP contribution is 2.60. The van der Waals surface area contributed by atoms with Gasteiger partial charge >= 0.3 is 0 Å². The first-order valence-corrected chi connectivity index (χ1v) is 10.7. The third-order valence-electron chi connectivity index (χ3n) is 7.86. The molecule has 0 amide bonds. The van der Waals surface area contributed by atoms with Crippen LogP contribution in [0.4, 0.5) is 0 Å². The number of nitrogens with one attached hydrogen (secondary N) is 2. The van der Waals surface area contributed by atoms with Crippen LogP contribution in [-0.2, 0) is 9.47 Å². The highest BCUT2D eigenvalue weighted by Gasteiger charge is 2.59. The average Bonchev–Trinajstić information content (AvgIpc) is 3.50. The minimum absolute atomic E-state index is 0.189. The van der Waals surface area contributed by atoms with Gasteiger partial charge in [0, 0.05) is 30.1 Å². The monoisotopic (exact) mass is 358 g/mol. The minimum Gasteiger partial charge on any atom is -0.375 e. The molecule has 0 bridgehead atoms. The Kier molecular flexibility index (Phi) is 4.15. The zero-order chi connectivity index (χ0) is 18.1. The lowest BCUT2D eigenvalue weighted by atomic mass is 9.85. The zero-order valence-corrected chi connectivity index (χ0v) is 16.7. The summed E-state index contributed by atoms with van der Waals surface area (Å²) in [5, 5.41) is 7.66. The lowest BCUT2D eigenvalue weighted by Gasteiger charge is -2.29. The molecule has 8 atom stereocenters. The van der Waals surface area contributed by atoms with Crippen LogP contribution in [-0.4, -0.2) is 38.3 Å². The van der Waals surface area contributed by atoms with Gasteiger partial charge < -0.3 is 9.47 Å². The predicted octanol–water partition coefficient (Wildman–Crippen LogP) is 3.20. The van der Waals surface area contributed by atoms with Gasteiger partial charge in [-0.3, -0.25) is 10.6 Å². The van der Waals surface area contributed by atoms with Gasteiger partial charge in [-0.15, -0.1) is 5.73 Å². The van der Waals surface area contributed by atoms with Crippen LogP contribution in [0.3, 0.4) is 0 Å². The lowest BCUT2D eigenvalue weighted by Crippen LogP contribution is -2.50. The van der Waals surface area contributed by atoms with E-state index in [0.717, 1.165) is 43.2 Å². The summed E-state index contributed by atoms with van der Waals surface area (Å²) >= 11 is 0. The summed E-state index contributed by atoms with van der Waals surface area (Å²) < 4.78 is 12.1. The van der Waals surface area contributed by atoms with Crippen molar-refractivity contribution in [2.24, 2.45) is 29.1 Å². The van der Waals surface area contributed by atoms with Gasteiger partial charge in [-0.2, -0.15) is 0 Å². The molecule has 0 aromatic carbocycles. The SMILES string of the molecule is COC1C2=C=C(C)C(COC3CCC4C(C)C4C(NC4CC4)N3)CC21C. The molecule has 1 saturated heterocycles. The highest BCUT2D eigenvalue weighted by atomic mass is 16.5. The maximum absolute atomic E-state index is 6.43. The molecule has 4 nitrogen and oxygen atoms in total. The minimum atomic E-state index is 0.189. The van der Waals surface area contributed by atoms with E-state index in [2.05, 4.69) is 37.1 Å². The summed E-state index contributed by atoms with van der Waals surface area (Å²) in [6, 6.07) is 0.743. The van der Waals surface area contributed by atoms with Crippen molar-refractivity contribution < 1.29 is 9.47 Å². The highest BCUT2D eigenvalue weighted by molar-refractivity contribution is 5.43. The molecule has 3 saturated carbocycles. The van der Waals surface area contributed by atoms with Gasteiger partial charge in [0.15, 0.2) is 0 Å². The standard InChI is InChI=1S/C22H34N2O2/c1-12-9-17-20(25-4)22(17,3)10-14(12)11-26-18-8-7-16-13(2)19(16)21(24-18)23-15-5-6-15/h13-16,18-21,23-24H,5-8,10-11H2,1-4H3. The van der Waals surface area contributed by atoms with Crippen LogP contribution >= 0.6 is 0 Å². The van der Waals surface area contributed by atoms with Gasteiger partial charge in [0.05, 0.1) is 18.9 Å². The molecule has 8 unspecified atom stereocenters. The van der Waals surface area contributed by atoms with E-state index < -0.39 is 0 Å². The van der Waals surface area contributed by atoms with Crippen molar-refractivity contribution in [2.75, 3.05) is 13.7 Å². The molecule has 0 aromatic heterocycles. The smallest absolute Gasteiger partial charge is 0.109 e. The molecule has 4 aliphatic carbocycles. The first-order valence-electron chi connectivity index (χ1n) is 10.7. The largest absolute Gasteiger partial charge is 0.375 e. The molecule has 26 heavy (non-hydrogen) atoms. The Balaban J connectivity index is 1.19. The van der Waals surface area contributed by atoms with Gasteiger partial charge in [0.2, 0.25) is 0 Å². The number of rotatable bonds is 6. The summed E-state index contributed by atoms with van der Waals surface area (Å²) in [5.74, 6) is 3.03. The van der Waals surface area contributed by atoms with E-state index in [4.69, 9.17) is 9.47 Å². The van der Waals surface area contributed by atoms with E-state index in [1.54, 1.807) is 0 Å². The van der Waals surface area contributed by atoms with Crippen LogP contribution in [0.1, 0.15) is 52.9 Å². The second-order valence-electron chi connectivity index (χ2n) is 9.74. The van der Waals surface area contributed by atoms with Crippen molar-refractivity contribution in [3.8, 4) is 0 Å². The molecule has 1 aliphatic heterocycles. The fourth-order valence-corrected chi connectivity index (χ4v) is 5.76. The van der Waals surface area contributed by atoms with Crippen LogP contribution in [0.15, 0.2) is 16.9 Å². The van der Waals surface area contributed by atoms with E-state index in [-0.39, 0.29) is 17.7 Å². The van der Waals surface area contributed by atoms with Crippen molar-refractivity contribution in [3.05, 3.63) is 16.9 Å². The molecule has 4 fully saturated rings. The molecular formula is C22H34N2O2. The van der Waals surface area contributed by atoms with E-state index >= 15 is 0 Å². The Hall–Kier alpha value is -0.640. The summed E-state index contributed by atoms with van der Waals surface area (Å²) in [5.41, 5.74) is 6.51. The summed E-state index contributed by atoms with van der Waals surface area (Å²) in [7, 11) is 1.82. The van der Waals surface area contributed by atoms with E-state index in [1.165, 1.54) is 30.4 Å². The van der Waals surface area contributed by atoms with E-state index in [0.29, 0.717) is 12.1 Å². The molecular weight excluding hydrogens is 324 g/mol. The van der Waals surface area contributed by atoms with Crippen LogP contribution in [0, 0.1) is 29.1 Å². The van der Waals surface area contributed by atoms with Gasteiger partial charge in [-0.25, -0.2) is 0 Å². The number of methoxy groups -OCH3 is 1. The van der Waals surface area contributed by atoms with Crippen LogP contribution < -0.4 is 10.6 Å². The van der Waals surface area contributed by atoms with E-state index in [1.807, 2.05) is 7.11 Å². The van der Waals surface area contributed by atoms with Crippen LogP contribution in [0.5, 0.6) is 0 Å². The van der Waals surface area contributed by atoms with Crippen LogP contribution in [0.2, 0.25) is 0 Å². The molecule has 0 radical (unpaired) electrons. The molecule has 144 valence electrons. The average molecular weight is 359 g/mol. The number of ether oxygens (including phenoxy) is 2. The number of fused-ring (bicyclic) bond motifs is 2. The van der Waals surface area contributed by atoms with Gasteiger partial charge in [-0.1, -0.05) is 13.8 Å². The Bertz CT molecular complexity index is 651. The Morgan fingerprint density at radius 2 is 2.08 bits per heavy atom. The fraction of sp³-hybridized carbons (Fsp3) is 0.864. The second kappa shape index (κ2) is 6.18. The van der Waals surface area contributed by atoms with Gasteiger partial charge in [0.1, 0.15) is 6.23 Å². The number of hydrogen-bond donors (Lipinski definition) is 2. The van der Waals surface area contributed by atoms with Gasteiger partial charge in [-0.05, 0) is 62.4 Å². The molecule has 4 heteroatoms. The van der Waals surface area contributed by atoms with Gasteiger partial charge in [0.25, 0.3) is 0 Å². The maximum atomic E-state index is 6.43. The van der Waals surface area contributed by atoms with Crippen LogP contribution in [0.25, 0.3) is 0 Å². The van der Waals surface area contributed by atoms with E-state index in [9.17, 15) is 0 Å². The first-order chi connectivity index (χ1) is 12.5. The lowest BCUT2D eigenvalue weighted by molar-refractivity contribution is -0.00597. The molecule has 5 aliphatic rings. The third-order valence-corrected chi connectivity index (χ3v) is 7.86. The Labute approximate surface area is 157 Å². The molecule has 2 N–H and O–H groups in total. The molecule has 0 aromatic rings. The predicted molar refractivity (Wildman–Crippen MR) is 101 cm³/mol. The second-order valence-corrected chi connectivity index (χ2v) is 9.74. The quantitative estimate of drug-likeness (QED) is 0.716. The Morgan fingerprint density at radius 3 is 2.81 bits per heavy atom. The number of hydrogen-bond acceptors (Lipinski definition) is 4. The Morgan fingerprint density at radius 1 is 1.27 bits per heavy atom. The first kappa shape index (κ1) is 17.5.